The summed E-state index contributed by atoms with van der Waals surface area (Å²) in [6, 6.07) is 5.04. The molecule has 20 heavy (non-hydrogen) atoms. The van der Waals surface area contributed by atoms with E-state index in [-0.39, 0.29) is 17.8 Å². The summed E-state index contributed by atoms with van der Waals surface area (Å²) in [7, 11) is 0. The molecule has 2 rings (SSSR count). The van der Waals surface area contributed by atoms with Crippen LogP contribution in [0.4, 0.5) is 10.1 Å². The summed E-state index contributed by atoms with van der Waals surface area (Å²) >= 11 is 0. The van der Waals surface area contributed by atoms with Gasteiger partial charge in [0.2, 0.25) is 5.91 Å². The Balaban J connectivity index is 2.02. The summed E-state index contributed by atoms with van der Waals surface area (Å²) < 4.78 is 14.1. The molecule has 5 heteroatoms. The molecule has 1 atom stereocenters. The van der Waals surface area contributed by atoms with Crippen LogP contribution in [0.15, 0.2) is 18.2 Å². The van der Waals surface area contributed by atoms with Crippen LogP contribution in [0, 0.1) is 5.82 Å². The highest BCUT2D eigenvalue weighted by Crippen LogP contribution is 2.26. The number of hydrogen-bond acceptors (Lipinski definition) is 3. The molecule has 0 aromatic heterocycles. The summed E-state index contributed by atoms with van der Waals surface area (Å²) in [6.07, 6.45) is 0.970. The Labute approximate surface area is 118 Å². The van der Waals surface area contributed by atoms with Gasteiger partial charge in [0.25, 0.3) is 0 Å². The molecule has 1 heterocycles. The van der Waals surface area contributed by atoms with Crippen LogP contribution in [-0.2, 0) is 4.79 Å². The number of amides is 1. The zero-order valence-corrected chi connectivity index (χ0v) is 11.9. The summed E-state index contributed by atoms with van der Waals surface area (Å²) in [5.41, 5.74) is 1.15. The van der Waals surface area contributed by atoms with E-state index in [1.165, 1.54) is 13.0 Å². The van der Waals surface area contributed by atoms with E-state index in [0.717, 1.165) is 25.9 Å². The largest absolute Gasteiger partial charge is 0.389 e. The summed E-state index contributed by atoms with van der Waals surface area (Å²) in [5.74, 6) is -0.322. The van der Waals surface area contributed by atoms with Crippen molar-refractivity contribution in [3.63, 3.8) is 0 Å². The first-order chi connectivity index (χ1) is 9.47. The molecule has 110 valence electrons. The first-order valence-electron chi connectivity index (χ1n) is 6.97. The van der Waals surface area contributed by atoms with E-state index >= 15 is 0 Å². The minimum Gasteiger partial charge on any atom is -0.389 e. The fourth-order valence-corrected chi connectivity index (χ4v) is 2.59. The molecule has 0 aliphatic carbocycles. The number of rotatable bonds is 3. The second-order valence-corrected chi connectivity index (χ2v) is 5.35. The Morgan fingerprint density at radius 1 is 1.45 bits per heavy atom. The number of halogens is 1. The van der Waals surface area contributed by atoms with Gasteiger partial charge in [-0.15, -0.1) is 0 Å². The number of carbonyl (C=O) groups excluding carboxylic acids is 1. The minimum atomic E-state index is -0.663. The van der Waals surface area contributed by atoms with E-state index in [1.54, 1.807) is 19.1 Å². The van der Waals surface area contributed by atoms with E-state index in [0.29, 0.717) is 11.3 Å². The van der Waals surface area contributed by atoms with Crippen molar-refractivity contribution in [2.75, 3.05) is 18.0 Å². The van der Waals surface area contributed by atoms with Crippen LogP contribution in [0.2, 0.25) is 0 Å². The molecule has 1 aliphatic heterocycles. The van der Waals surface area contributed by atoms with Gasteiger partial charge in [-0.1, -0.05) is 6.07 Å². The first kappa shape index (κ1) is 14.8. The summed E-state index contributed by atoms with van der Waals surface area (Å²) in [4.78, 5) is 13.0. The lowest BCUT2D eigenvalue weighted by Gasteiger charge is -2.34. The van der Waals surface area contributed by atoms with E-state index in [1.807, 2.05) is 4.90 Å². The number of hydrogen-bond donors (Lipinski definition) is 2. The quantitative estimate of drug-likeness (QED) is 0.890. The average Bonchev–Trinajstić information content (AvgIpc) is 2.39. The lowest BCUT2D eigenvalue weighted by Crippen LogP contribution is -2.44. The monoisotopic (exact) mass is 280 g/mol. The lowest BCUT2D eigenvalue weighted by molar-refractivity contribution is -0.119. The van der Waals surface area contributed by atoms with Crippen molar-refractivity contribution in [1.29, 1.82) is 0 Å². The third kappa shape index (κ3) is 3.48. The van der Waals surface area contributed by atoms with Gasteiger partial charge in [0, 0.05) is 26.1 Å². The van der Waals surface area contributed by atoms with E-state index in [9.17, 15) is 14.3 Å². The molecule has 1 saturated heterocycles. The van der Waals surface area contributed by atoms with Crippen molar-refractivity contribution >= 4 is 11.6 Å². The average molecular weight is 280 g/mol. The van der Waals surface area contributed by atoms with Crippen molar-refractivity contribution < 1.29 is 14.3 Å². The van der Waals surface area contributed by atoms with Gasteiger partial charge in [-0.05, 0) is 37.5 Å². The van der Waals surface area contributed by atoms with Gasteiger partial charge in [0.1, 0.15) is 5.82 Å². The standard InChI is InChI=1S/C15H21FN2O2/c1-10(19)12-3-4-15(14(16)9-12)18-7-5-13(6-8-18)17-11(2)20/h3-4,9-10,13,19H,5-8H2,1-2H3,(H,17,20)/t10-/m1/s1. The molecule has 1 amide bonds. The number of carbonyl (C=O) groups is 1. The highest BCUT2D eigenvalue weighted by Gasteiger charge is 2.22. The van der Waals surface area contributed by atoms with Crippen LogP contribution in [-0.4, -0.2) is 30.1 Å². The van der Waals surface area contributed by atoms with Crippen molar-refractivity contribution in [3.05, 3.63) is 29.6 Å². The molecular formula is C15H21FN2O2. The molecule has 0 bridgehead atoms. The van der Waals surface area contributed by atoms with Gasteiger partial charge < -0.3 is 15.3 Å². The van der Waals surface area contributed by atoms with Gasteiger partial charge in [0.05, 0.1) is 11.8 Å². The van der Waals surface area contributed by atoms with Crippen LogP contribution < -0.4 is 10.2 Å². The molecule has 0 saturated carbocycles. The Morgan fingerprint density at radius 2 is 2.10 bits per heavy atom. The fourth-order valence-electron chi connectivity index (χ4n) is 2.59. The van der Waals surface area contributed by atoms with Gasteiger partial charge >= 0.3 is 0 Å². The number of benzene rings is 1. The van der Waals surface area contributed by atoms with Crippen molar-refractivity contribution in [2.24, 2.45) is 0 Å². The highest BCUT2D eigenvalue weighted by atomic mass is 19.1. The number of anilines is 1. The molecular weight excluding hydrogens is 259 g/mol. The normalized spacial score (nSPS) is 17.9. The molecule has 0 radical (unpaired) electrons. The predicted octanol–water partition coefficient (Wildman–Crippen LogP) is 1.98. The Kier molecular flexibility index (Phi) is 4.60. The third-order valence-electron chi connectivity index (χ3n) is 3.70. The van der Waals surface area contributed by atoms with Crippen molar-refractivity contribution in [3.8, 4) is 0 Å². The highest BCUT2D eigenvalue weighted by molar-refractivity contribution is 5.73. The molecule has 0 unspecified atom stereocenters. The second kappa shape index (κ2) is 6.22. The summed E-state index contributed by atoms with van der Waals surface area (Å²) in [5, 5.41) is 12.3. The smallest absolute Gasteiger partial charge is 0.217 e. The lowest BCUT2D eigenvalue weighted by atomic mass is 10.0. The zero-order chi connectivity index (χ0) is 14.7. The number of nitrogens with one attached hydrogen (secondary N) is 1. The Morgan fingerprint density at radius 3 is 2.60 bits per heavy atom. The van der Waals surface area contributed by atoms with Crippen LogP contribution in [0.25, 0.3) is 0 Å². The van der Waals surface area contributed by atoms with E-state index in [4.69, 9.17) is 0 Å². The van der Waals surface area contributed by atoms with Crippen LogP contribution in [0.1, 0.15) is 38.4 Å². The van der Waals surface area contributed by atoms with Crippen molar-refractivity contribution in [1.82, 2.24) is 5.32 Å². The number of aliphatic hydroxyl groups is 1. The Bertz CT molecular complexity index is 483. The van der Waals surface area contributed by atoms with E-state index in [2.05, 4.69) is 5.32 Å². The summed E-state index contributed by atoms with van der Waals surface area (Å²) in [6.45, 7) is 4.57. The van der Waals surface area contributed by atoms with Crippen LogP contribution in [0.5, 0.6) is 0 Å². The first-order valence-corrected chi connectivity index (χ1v) is 6.97. The third-order valence-corrected chi connectivity index (χ3v) is 3.70. The van der Waals surface area contributed by atoms with Crippen molar-refractivity contribution in [2.45, 2.75) is 38.8 Å². The predicted molar refractivity (Wildman–Crippen MR) is 76.1 cm³/mol. The zero-order valence-electron chi connectivity index (χ0n) is 11.9. The van der Waals surface area contributed by atoms with Gasteiger partial charge in [-0.2, -0.15) is 0 Å². The topological polar surface area (TPSA) is 52.6 Å². The molecule has 2 N–H and O–H groups in total. The van der Waals surface area contributed by atoms with Gasteiger partial charge in [0.15, 0.2) is 0 Å². The van der Waals surface area contributed by atoms with Gasteiger partial charge in [-0.25, -0.2) is 4.39 Å². The number of piperidine rings is 1. The fraction of sp³-hybridized carbons (Fsp3) is 0.533. The molecule has 1 fully saturated rings. The molecule has 0 spiro atoms. The molecule has 1 aromatic carbocycles. The molecule has 1 aromatic rings. The van der Waals surface area contributed by atoms with Crippen LogP contribution in [0.3, 0.4) is 0 Å². The van der Waals surface area contributed by atoms with Gasteiger partial charge in [-0.3, -0.25) is 4.79 Å². The SMILES string of the molecule is CC(=O)NC1CCN(c2ccc([C@@H](C)O)cc2F)CC1. The second-order valence-electron chi connectivity index (χ2n) is 5.35. The van der Waals surface area contributed by atoms with Crippen LogP contribution >= 0.6 is 0 Å². The number of nitrogens with zero attached hydrogens (tertiary/aromatic N) is 1. The molecule has 4 nitrogen and oxygen atoms in total. The maximum absolute atomic E-state index is 14.1. The number of aliphatic hydroxyl groups excluding tert-OH is 1. The molecule has 1 aliphatic rings. The Hall–Kier alpha value is -1.62. The maximum atomic E-state index is 14.1. The minimum absolute atomic E-state index is 0.0177. The maximum Gasteiger partial charge on any atom is 0.217 e. The van der Waals surface area contributed by atoms with E-state index < -0.39 is 6.10 Å².